The molecule has 0 aromatic heterocycles. The van der Waals surface area contributed by atoms with Crippen LogP contribution in [-0.2, 0) is 21.8 Å². The van der Waals surface area contributed by atoms with Crippen molar-refractivity contribution in [3.05, 3.63) is 48.6 Å². The monoisotopic (exact) mass is 439 g/mol. The van der Waals surface area contributed by atoms with Gasteiger partial charge in [0.25, 0.3) is 0 Å². The summed E-state index contributed by atoms with van der Waals surface area (Å²) in [5.74, 6) is 0. The van der Waals surface area contributed by atoms with Crippen molar-refractivity contribution in [2.24, 2.45) is 0 Å². The van der Waals surface area contributed by atoms with E-state index in [1.807, 2.05) is 3.75 Å². The summed E-state index contributed by atoms with van der Waals surface area (Å²) in [5, 5.41) is 0. The number of allylic oxidation sites excluding steroid dienone is 8. The zero-order chi connectivity index (χ0) is 16.3. The van der Waals surface area contributed by atoms with Gasteiger partial charge in [0.05, 0.1) is 0 Å². The van der Waals surface area contributed by atoms with Crippen LogP contribution in [0.1, 0.15) is 0 Å². The summed E-state index contributed by atoms with van der Waals surface area (Å²) in [6, 6.07) is 0. The quantitative estimate of drug-likeness (QED) is 0.510. The van der Waals surface area contributed by atoms with E-state index in [2.05, 4.69) is 87.9 Å². The van der Waals surface area contributed by atoms with Crippen molar-refractivity contribution in [3.63, 3.8) is 0 Å². The molecule has 2 aliphatic rings. The molecule has 0 spiro atoms. The van der Waals surface area contributed by atoms with E-state index in [9.17, 15) is 0 Å². The van der Waals surface area contributed by atoms with E-state index >= 15 is 0 Å². The summed E-state index contributed by atoms with van der Waals surface area (Å²) in [5.41, 5.74) is 0. The maximum atomic E-state index is 2.73. The average Bonchev–Trinajstić information content (AvgIpc) is 3.11. The van der Waals surface area contributed by atoms with E-state index in [1.165, 1.54) is 0 Å². The first-order valence-electron chi connectivity index (χ1n) is 8.95. The number of hydrogen-bond acceptors (Lipinski definition) is 0. The molecule has 22 heavy (non-hydrogen) atoms. The molecule has 2 rings (SSSR count). The Bertz CT molecular complexity index is 417. The van der Waals surface area contributed by atoms with E-state index in [4.69, 9.17) is 0 Å². The Morgan fingerprint density at radius 3 is 1.27 bits per heavy atom. The second-order valence-electron chi connectivity index (χ2n) is 7.92. The van der Waals surface area contributed by atoms with Crippen LogP contribution < -0.4 is 0 Å². The van der Waals surface area contributed by atoms with Gasteiger partial charge in [-0.15, -0.1) is 0 Å². The normalized spacial score (nSPS) is 18.8. The van der Waals surface area contributed by atoms with Gasteiger partial charge in [-0.1, -0.05) is 0 Å². The molecule has 0 nitrogen and oxygen atoms in total. The van der Waals surface area contributed by atoms with Gasteiger partial charge in [-0.25, -0.2) is 0 Å². The fourth-order valence-corrected chi connectivity index (χ4v) is 116. The van der Waals surface area contributed by atoms with Crippen LogP contribution in [-0.4, -0.2) is 31.6 Å². The van der Waals surface area contributed by atoms with Crippen LogP contribution in [0.15, 0.2) is 48.6 Å². The SMILES string of the molecule is C[SiH](C)[Si]([CH2][Zr]([CH]1C=CC=C1)[CH]1C=CC=C1)([SiH](C)C)[SiH](C)C. The van der Waals surface area contributed by atoms with Crippen molar-refractivity contribution in [2.45, 2.75) is 50.3 Å². The molecule has 2 aliphatic carbocycles. The van der Waals surface area contributed by atoms with Gasteiger partial charge >= 0.3 is 152 Å². The molecule has 5 heteroatoms. The first-order valence-corrected chi connectivity index (χ1v) is 28.1. The average molecular weight is 441 g/mol. The van der Waals surface area contributed by atoms with Crippen LogP contribution in [0.25, 0.3) is 0 Å². The summed E-state index contributed by atoms with van der Waals surface area (Å²) < 4.78 is 3.60. The standard InChI is InChI=1S/C7H23Si4.2C5H5.Zr/c1-8(2)11(7,9(3)4)10(5)6;2*1-2-4-5-3-1;/h8-10H,7H2,1-6H3;2*1-5H;. The first-order chi connectivity index (χ1) is 10.4. The molecule has 0 aromatic carbocycles. The van der Waals surface area contributed by atoms with E-state index < -0.39 is 53.3 Å². The molecule has 0 amide bonds. The van der Waals surface area contributed by atoms with Crippen LogP contribution in [0.3, 0.4) is 0 Å². The van der Waals surface area contributed by atoms with Crippen LogP contribution in [0.4, 0.5) is 0 Å². The Hall–Kier alpha value is 0.711. The van der Waals surface area contributed by atoms with E-state index in [1.54, 1.807) is 0 Å². The second-order valence-corrected chi connectivity index (χ2v) is 52.2. The van der Waals surface area contributed by atoms with Crippen molar-refractivity contribution >= 4 is 31.6 Å². The molecule has 0 saturated carbocycles. The Kier molecular flexibility index (Phi) is 7.09. The van der Waals surface area contributed by atoms with Gasteiger partial charge in [0.1, 0.15) is 0 Å². The Morgan fingerprint density at radius 1 is 0.682 bits per heavy atom. The van der Waals surface area contributed by atoms with Gasteiger partial charge in [0, 0.05) is 0 Å². The summed E-state index contributed by atoms with van der Waals surface area (Å²) in [6.45, 7) is 15.5. The molecule has 0 fully saturated rings. The molecule has 0 N–H and O–H groups in total. The molecule has 0 atom stereocenters. The second kappa shape index (κ2) is 8.19. The summed E-state index contributed by atoms with van der Waals surface area (Å²) in [7, 11) is -1.39. The molecule has 0 bridgehead atoms. The molecule has 0 aromatic rings. The van der Waals surface area contributed by atoms with Gasteiger partial charge < -0.3 is 0 Å². The predicted octanol–water partition coefficient (Wildman–Crippen LogP) is 4.54. The third kappa shape index (κ3) is 3.85. The summed E-state index contributed by atoms with van der Waals surface area (Å²) >= 11 is -1.50. The topological polar surface area (TPSA) is 0 Å². The molecule has 0 aliphatic heterocycles. The summed E-state index contributed by atoms with van der Waals surface area (Å²) in [6.07, 6.45) is 19.5. The minimum absolute atomic E-state index is 0.464. The van der Waals surface area contributed by atoms with Crippen LogP contribution in [0, 0.1) is 0 Å². The molecule has 0 unspecified atom stereocenters. The third-order valence-corrected chi connectivity index (χ3v) is 93.4. The van der Waals surface area contributed by atoms with Crippen molar-refractivity contribution in [3.8, 4) is 0 Å². The Morgan fingerprint density at radius 2 is 1.00 bits per heavy atom. The van der Waals surface area contributed by atoms with Gasteiger partial charge in [-0.2, -0.15) is 0 Å². The van der Waals surface area contributed by atoms with Gasteiger partial charge in [0.15, 0.2) is 0 Å². The van der Waals surface area contributed by atoms with Gasteiger partial charge in [-0.3, -0.25) is 0 Å². The van der Waals surface area contributed by atoms with E-state index in [0.717, 1.165) is 7.25 Å². The predicted molar refractivity (Wildman–Crippen MR) is 111 cm³/mol. The minimum atomic E-state index is -1.50. The maximum absolute atomic E-state index is 2.73. The van der Waals surface area contributed by atoms with Crippen LogP contribution >= 0.6 is 0 Å². The number of rotatable bonds is 7. The zero-order valence-electron chi connectivity index (χ0n) is 15.2. The first kappa shape index (κ1) is 19.0. The third-order valence-electron chi connectivity index (χ3n) is 6.09. The van der Waals surface area contributed by atoms with Crippen LogP contribution in [0.2, 0.25) is 50.3 Å². The molecular formula is C17H33Si4Zr. The Labute approximate surface area is 151 Å². The van der Waals surface area contributed by atoms with Crippen molar-refractivity contribution in [2.75, 3.05) is 0 Å². The van der Waals surface area contributed by atoms with Crippen LogP contribution in [0.5, 0.6) is 0 Å². The van der Waals surface area contributed by atoms with E-state index in [-0.39, 0.29) is 0 Å². The Balaban J connectivity index is 2.34. The molecular weight excluding hydrogens is 408 g/mol. The molecule has 0 saturated heterocycles. The van der Waals surface area contributed by atoms with Crippen molar-refractivity contribution in [1.82, 2.24) is 0 Å². The molecule has 0 heterocycles. The molecule has 0 radical (unpaired) electrons. The number of hydrogen-bond donors (Lipinski definition) is 0. The fourth-order valence-electron chi connectivity index (χ4n) is 4.78. The fraction of sp³-hybridized carbons (Fsp3) is 0.529. The van der Waals surface area contributed by atoms with Crippen molar-refractivity contribution < 1.29 is 21.8 Å². The van der Waals surface area contributed by atoms with Gasteiger partial charge in [0.2, 0.25) is 0 Å². The summed E-state index contributed by atoms with van der Waals surface area (Å²) in [4.78, 5) is 0. The van der Waals surface area contributed by atoms with Crippen molar-refractivity contribution in [1.29, 1.82) is 0 Å². The molecule has 121 valence electrons. The van der Waals surface area contributed by atoms with Gasteiger partial charge in [-0.05, 0) is 0 Å². The zero-order valence-corrected chi connectivity index (χ0v) is 22.1. The van der Waals surface area contributed by atoms with E-state index in [0.29, 0.717) is 0 Å².